The van der Waals surface area contributed by atoms with Gasteiger partial charge in [-0.2, -0.15) is 0 Å². The monoisotopic (exact) mass is 445 g/mol. The Bertz CT molecular complexity index is 987. The molecular weight excluding hydrogens is 418 g/mol. The van der Waals surface area contributed by atoms with Crippen LogP contribution < -0.4 is 20.5 Å². The second-order valence-electron chi connectivity index (χ2n) is 7.51. The number of hydrogen-bond acceptors (Lipinski definition) is 6. The minimum Gasteiger partial charge on any atom is -0.497 e. The first-order chi connectivity index (χ1) is 14.7. The number of rotatable bonds is 6. The number of likely N-dealkylation sites (tertiary alicyclic amines) is 1. The molecule has 0 atom stereocenters. The number of piperidine rings is 1. The van der Waals surface area contributed by atoms with Crippen molar-refractivity contribution in [3.05, 3.63) is 39.8 Å². The van der Waals surface area contributed by atoms with Crippen molar-refractivity contribution in [2.24, 2.45) is 11.7 Å². The molecule has 1 aromatic heterocycles. The highest BCUT2D eigenvalue weighted by molar-refractivity contribution is 7.16. The molecule has 31 heavy (non-hydrogen) atoms. The lowest BCUT2D eigenvalue weighted by atomic mass is 9.95. The molecule has 9 heteroatoms. The Morgan fingerprint density at radius 3 is 2.16 bits per heavy atom. The number of methoxy groups -OCH3 is 2. The van der Waals surface area contributed by atoms with E-state index in [1.807, 2.05) is 13.8 Å². The summed E-state index contributed by atoms with van der Waals surface area (Å²) >= 11 is 1.35. The zero-order valence-electron chi connectivity index (χ0n) is 18.1. The first-order valence-corrected chi connectivity index (χ1v) is 10.8. The largest absolute Gasteiger partial charge is 0.497 e. The fraction of sp³-hybridized carbons (Fsp3) is 0.409. The van der Waals surface area contributed by atoms with Crippen LogP contribution in [-0.4, -0.2) is 49.9 Å². The first kappa shape index (κ1) is 22.6. The van der Waals surface area contributed by atoms with E-state index >= 15 is 0 Å². The predicted octanol–water partition coefficient (Wildman–Crippen LogP) is 2.97. The second-order valence-corrected chi connectivity index (χ2v) is 8.73. The quantitative estimate of drug-likeness (QED) is 0.710. The van der Waals surface area contributed by atoms with Crippen LogP contribution in [0.4, 0.5) is 5.00 Å². The second kappa shape index (κ2) is 9.38. The number of nitrogens with two attached hydrogens (primary N) is 1. The first-order valence-electron chi connectivity index (χ1n) is 9.98. The van der Waals surface area contributed by atoms with Gasteiger partial charge in [-0.1, -0.05) is 0 Å². The predicted molar refractivity (Wildman–Crippen MR) is 119 cm³/mol. The minimum atomic E-state index is -0.550. The Morgan fingerprint density at radius 2 is 1.65 bits per heavy atom. The number of hydrogen-bond donors (Lipinski definition) is 2. The average Bonchev–Trinajstić information content (AvgIpc) is 3.05. The van der Waals surface area contributed by atoms with Gasteiger partial charge in [0, 0.05) is 35.5 Å². The van der Waals surface area contributed by atoms with E-state index < -0.39 is 5.91 Å². The number of nitrogens with one attached hydrogen (secondary N) is 1. The molecule has 3 rings (SSSR count). The van der Waals surface area contributed by atoms with Gasteiger partial charge in [-0.15, -0.1) is 11.3 Å². The van der Waals surface area contributed by atoms with E-state index in [4.69, 9.17) is 15.2 Å². The highest BCUT2D eigenvalue weighted by Crippen LogP contribution is 2.33. The van der Waals surface area contributed by atoms with Crippen LogP contribution in [0.25, 0.3) is 0 Å². The summed E-state index contributed by atoms with van der Waals surface area (Å²) in [5.74, 6) is 0.0154. The molecule has 166 valence electrons. The van der Waals surface area contributed by atoms with E-state index in [2.05, 4.69) is 5.32 Å². The number of primary amides is 1. The normalized spacial score (nSPS) is 14.3. The van der Waals surface area contributed by atoms with Gasteiger partial charge in [-0.25, -0.2) is 0 Å². The number of carbonyl (C=O) groups excluding carboxylic acids is 3. The summed E-state index contributed by atoms with van der Waals surface area (Å²) in [7, 11) is 3.07. The van der Waals surface area contributed by atoms with Gasteiger partial charge in [0.25, 0.3) is 11.8 Å². The van der Waals surface area contributed by atoms with Gasteiger partial charge in [0.1, 0.15) is 16.5 Å². The molecule has 2 aromatic rings. The van der Waals surface area contributed by atoms with Crippen LogP contribution in [0.15, 0.2) is 18.2 Å². The number of thiophene rings is 1. The molecule has 8 nitrogen and oxygen atoms in total. The number of carbonyl (C=O) groups is 3. The van der Waals surface area contributed by atoms with Crippen LogP contribution in [0.5, 0.6) is 11.5 Å². The molecule has 0 radical (unpaired) electrons. The number of amides is 3. The number of ether oxygens (including phenoxy) is 2. The van der Waals surface area contributed by atoms with Gasteiger partial charge in [-0.3, -0.25) is 14.4 Å². The molecule has 1 aromatic carbocycles. The fourth-order valence-electron chi connectivity index (χ4n) is 3.68. The van der Waals surface area contributed by atoms with Crippen molar-refractivity contribution >= 4 is 34.1 Å². The molecule has 1 saturated heterocycles. The van der Waals surface area contributed by atoms with Gasteiger partial charge < -0.3 is 25.4 Å². The highest BCUT2D eigenvalue weighted by atomic mass is 32.1. The van der Waals surface area contributed by atoms with Crippen molar-refractivity contribution in [3.63, 3.8) is 0 Å². The zero-order valence-corrected chi connectivity index (χ0v) is 18.9. The van der Waals surface area contributed by atoms with Gasteiger partial charge in [-0.05, 0) is 44.4 Å². The third-order valence-electron chi connectivity index (χ3n) is 5.62. The third kappa shape index (κ3) is 4.82. The van der Waals surface area contributed by atoms with Crippen LogP contribution in [0, 0.1) is 19.8 Å². The zero-order chi connectivity index (χ0) is 22.7. The highest BCUT2D eigenvalue weighted by Gasteiger charge is 2.29. The third-order valence-corrected chi connectivity index (χ3v) is 6.74. The minimum absolute atomic E-state index is 0.128. The van der Waals surface area contributed by atoms with Crippen LogP contribution in [0.3, 0.4) is 0 Å². The van der Waals surface area contributed by atoms with Gasteiger partial charge in [0.05, 0.1) is 19.8 Å². The molecular formula is C22H27N3O5S. The van der Waals surface area contributed by atoms with E-state index in [1.165, 1.54) is 25.6 Å². The molecule has 1 aliphatic heterocycles. The van der Waals surface area contributed by atoms with Crippen LogP contribution >= 0.6 is 11.3 Å². The molecule has 3 N–H and O–H groups in total. The van der Waals surface area contributed by atoms with E-state index in [1.54, 1.807) is 23.1 Å². The van der Waals surface area contributed by atoms with E-state index in [0.29, 0.717) is 53.6 Å². The molecule has 3 amide bonds. The Kier molecular flexibility index (Phi) is 6.84. The van der Waals surface area contributed by atoms with Crippen molar-refractivity contribution in [1.82, 2.24) is 4.90 Å². The van der Waals surface area contributed by atoms with Crippen molar-refractivity contribution in [2.45, 2.75) is 26.7 Å². The number of nitrogens with zero attached hydrogens (tertiary/aromatic N) is 1. The molecule has 2 heterocycles. The summed E-state index contributed by atoms with van der Waals surface area (Å²) in [6.07, 6.45) is 1.07. The summed E-state index contributed by atoms with van der Waals surface area (Å²) in [4.78, 5) is 40.2. The summed E-state index contributed by atoms with van der Waals surface area (Å²) < 4.78 is 10.5. The Labute approximate surface area is 185 Å². The number of benzene rings is 1. The number of anilines is 1. The number of aryl methyl sites for hydroxylation is 1. The lowest BCUT2D eigenvalue weighted by molar-refractivity contribution is -0.121. The molecule has 0 unspecified atom stereocenters. The SMILES string of the molecule is COc1cc(OC)cc(C(=O)N2CCC(C(=O)Nc3sc(C)c(C)c3C(N)=O)CC2)c1. The van der Waals surface area contributed by atoms with Gasteiger partial charge in [0.2, 0.25) is 5.91 Å². The van der Waals surface area contributed by atoms with Crippen molar-refractivity contribution in [1.29, 1.82) is 0 Å². The lowest BCUT2D eigenvalue weighted by Gasteiger charge is -2.31. The Morgan fingerprint density at radius 1 is 1.06 bits per heavy atom. The lowest BCUT2D eigenvalue weighted by Crippen LogP contribution is -2.41. The summed E-state index contributed by atoms with van der Waals surface area (Å²) in [6.45, 7) is 4.63. The van der Waals surface area contributed by atoms with E-state index in [-0.39, 0.29) is 17.7 Å². The molecule has 0 spiro atoms. The van der Waals surface area contributed by atoms with Gasteiger partial charge in [0.15, 0.2) is 0 Å². The standard InChI is InChI=1S/C22H27N3O5S/c1-12-13(2)31-21(18(12)19(23)26)24-20(27)14-5-7-25(8-6-14)22(28)15-9-16(29-3)11-17(10-15)30-4/h9-11,14H,5-8H2,1-4H3,(H2,23,26)(H,24,27). The maximum atomic E-state index is 12.9. The van der Waals surface area contributed by atoms with E-state index in [0.717, 1.165) is 10.4 Å². The van der Waals surface area contributed by atoms with Crippen molar-refractivity contribution in [2.75, 3.05) is 32.6 Å². The van der Waals surface area contributed by atoms with Crippen molar-refractivity contribution in [3.8, 4) is 11.5 Å². The average molecular weight is 446 g/mol. The Hall–Kier alpha value is -3.07. The maximum absolute atomic E-state index is 12.9. The summed E-state index contributed by atoms with van der Waals surface area (Å²) in [6, 6.07) is 5.06. The molecule has 0 bridgehead atoms. The summed E-state index contributed by atoms with van der Waals surface area (Å²) in [5, 5.41) is 3.37. The topological polar surface area (TPSA) is 111 Å². The van der Waals surface area contributed by atoms with Crippen LogP contribution in [0.2, 0.25) is 0 Å². The molecule has 1 fully saturated rings. The molecule has 0 saturated carbocycles. The van der Waals surface area contributed by atoms with Crippen LogP contribution in [0.1, 0.15) is 44.0 Å². The Balaban J connectivity index is 1.65. The summed E-state index contributed by atoms with van der Waals surface area (Å²) in [5.41, 5.74) is 7.13. The smallest absolute Gasteiger partial charge is 0.254 e. The van der Waals surface area contributed by atoms with Gasteiger partial charge >= 0.3 is 0 Å². The van der Waals surface area contributed by atoms with Crippen LogP contribution in [-0.2, 0) is 4.79 Å². The van der Waals surface area contributed by atoms with Crippen molar-refractivity contribution < 1.29 is 23.9 Å². The maximum Gasteiger partial charge on any atom is 0.254 e. The van der Waals surface area contributed by atoms with E-state index in [9.17, 15) is 14.4 Å². The molecule has 1 aliphatic rings. The molecule has 0 aliphatic carbocycles. The fourth-order valence-corrected chi connectivity index (χ4v) is 4.75.